The fraction of sp³-hybridized carbons (Fsp3) is 0.0769. The van der Waals surface area contributed by atoms with E-state index < -0.39 is 5.82 Å². The Balaban J connectivity index is 2.39. The normalized spacial score (nSPS) is 10.4. The van der Waals surface area contributed by atoms with Gasteiger partial charge in [0.2, 0.25) is 0 Å². The fourth-order valence-corrected chi connectivity index (χ4v) is 2.10. The van der Waals surface area contributed by atoms with Crippen LogP contribution in [0, 0.1) is 5.82 Å². The van der Waals surface area contributed by atoms with Crippen molar-refractivity contribution in [1.82, 2.24) is 0 Å². The second kappa shape index (κ2) is 5.99. The zero-order chi connectivity index (χ0) is 14.0. The molecule has 0 aliphatic heterocycles. The van der Waals surface area contributed by atoms with E-state index in [0.717, 1.165) is 0 Å². The zero-order valence-electron chi connectivity index (χ0n) is 9.72. The molecule has 0 saturated carbocycles. The lowest BCUT2D eigenvalue weighted by molar-refractivity contribution is 0.378. The average molecular weight is 366 g/mol. The molecule has 0 aliphatic rings. The van der Waals surface area contributed by atoms with E-state index in [0.29, 0.717) is 22.3 Å². The van der Waals surface area contributed by atoms with Gasteiger partial charge in [-0.25, -0.2) is 4.39 Å². The Morgan fingerprint density at radius 3 is 2.47 bits per heavy atom. The molecule has 0 radical (unpaired) electrons. The first-order valence-electron chi connectivity index (χ1n) is 5.17. The summed E-state index contributed by atoms with van der Waals surface area (Å²) in [6.07, 6.45) is 0. The third-order valence-electron chi connectivity index (χ3n) is 2.32. The quantitative estimate of drug-likeness (QED) is 0.650. The molecule has 0 fully saturated rings. The van der Waals surface area contributed by atoms with E-state index in [2.05, 4.69) is 15.9 Å². The summed E-state index contributed by atoms with van der Waals surface area (Å²) in [6, 6.07) is 7.54. The maximum absolute atomic E-state index is 13.3. The molecule has 0 aromatic heterocycles. The van der Waals surface area contributed by atoms with Crippen molar-refractivity contribution in [3.8, 4) is 17.2 Å². The highest BCUT2D eigenvalue weighted by Gasteiger charge is 2.12. The Morgan fingerprint density at radius 2 is 1.79 bits per heavy atom. The first-order chi connectivity index (χ1) is 9.01. The molecule has 0 unspecified atom stereocenters. The van der Waals surface area contributed by atoms with Gasteiger partial charge in [-0.1, -0.05) is 23.2 Å². The molecule has 0 heterocycles. The van der Waals surface area contributed by atoms with Crippen molar-refractivity contribution < 1.29 is 13.9 Å². The minimum atomic E-state index is -0.458. The summed E-state index contributed by atoms with van der Waals surface area (Å²) in [7, 11) is 1.50. The number of hydrogen-bond donors (Lipinski definition) is 0. The van der Waals surface area contributed by atoms with E-state index in [4.69, 9.17) is 32.7 Å². The van der Waals surface area contributed by atoms with E-state index in [-0.39, 0.29) is 9.50 Å². The molecule has 6 heteroatoms. The smallest absolute Gasteiger partial charge is 0.169 e. The fourth-order valence-electron chi connectivity index (χ4n) is 1.43. The number of rotatable bonds is 3. The van der Waals surface area contributed by atoms with E-state index in [1.54, 1.807) is 18.2 Å². The molecule has 0 saturated heterocycles. The van der Waals surface area contributed by atoms with Gasteiger partial charge in [-0.2, -0.15) is 0 Å². The summed E-state index contributed by atoms with van der Waals surface area (Å²) in [5.41, 5.74) is 0. The molecule has 0 atom stereocenters. The van der Waals surface area contributed by atoms with Crippen LogP contribution in [0.4, 0.5) is 4.39 Å². The topological polar surface area (TPSA) is 18.5 Å². The van der Waals surface area contributed by atoms with Gasteiger partial charge in [0.25, 0.3) is 0 Å². The van der Waals surface area contributed by atoms with Crippen molar-refractivity contribution in [2.75, 3.05) is 7.11 Å². The number of halogens is 4. The van der Waals surface area contributed by atoms with Gasteiger partial charge >= 0.3 is 0 Å². The van der Waals surface area contributed by atoms with Crippen molar-refractivity contribution in [2.45, 2.75) is 0 Å². The molecule has 100 valence electrons. The van der Waals surface area contributed by atoms with Crippen LogP contribution in [0.15, 0.2) is 34.8 Å². The Kier molecular flexibility index (Phi) is 4.55. The summed E-state index contributed by atoms with van der Waals surface area (Å²) in [5.74, 6) is 0.757. The molecule has 0 N–H and O–H groups in total. The molecule has 0 amide bonds. The third-order valence-corrected chi connectivity index (χ3v) is 3.46. The van der Waals surface area contributed by atoms with Gasteiger partial charge in [0, 0.05) is 11.1 Å². The van der Waals surface area contributed by atoms with Crippen molar-refractivity contribution >= 4 is 39.1 Å². The standard InChI is InChI=1S/C13H8BrCl2FO2/c1-18-13-4-7(15)2-3-11(13)19-12-5-8(14)10(17)6-9(12)16/h2-6H,1H3. The predicted molar refractivity (Wildman–Crippen MR) is 77.2 cm³/mol. The predicted octanol–water partition coefficient (Wildman–Crippen LogP) is 5.70. The van der Waals surface area contributed by atoms with Gasteiger partial charge in [-0.3, -0.25) is 0 Å². The minimum Gasteiger partial charge on any atom is -0.493 e. The molecular formula is C13H8BrCl2FO2. The monoisotopic (exact) mass is 364 g/mol. The van der Waals surface area contributed by atoms with Gasteiger partial charge in [0.15, 0.2) is 11.5 Å². The molecule has 0 bridgehead atoms. The Hall–Kier alpha value is -0.970. The number of benzene rings is 2. The summed E-state index contributed by atoms with van der Waals surface area (Å²) in [4.78, 5) is 0. The molecule has 19 heavy (non-hydrogen) atoms. The van der Waals surface area contributed by atoms with Crippen LogP contribution in [-0.4, -0.2) is 7.11 Å². The summed E-state index contributed by atoms with van der Waals surface area (Å²) < 4.78 is 24.3. The van der Waals surface area contributed by atoms with Gasteiger partial charge < -0.3 is 9.47 Å². The van der Waals surface area contributed by atoms with Crippen LogP contribution in [0.25, 0.3) is 0 Å². The lowest BCUT2D eigenvalue weighted by Crippen LogP contribution is -1.92. The number of ether oxygens (including phenoxy) is 2. The van der Waals surface area contributed by atoms with Gasteiger partial charge in [0.1, 0.15) is 11.6 Å². The Morgan fingerprint density at radius 1 is 1.05 bits per heavy atom. The highest BCUT2D eigenvalue weighted by molar-refractivity contribution is 9.10. The summed E-state index contributed by atoms with van der Waals surface area (Å²) >= 11 is 14.9. The molecule has 0 aliphatic carbocycles. The molecule has 0 spiro atoms. The van der Waals surface area contributed by atoms with E-state index >= 15 is 0 Å². The highest BCUT2D eigenvalue weighted by atomic mass is 79.9. The third kappa shape index (κ3) is 3.32. The molecule has 2 aromatic rings. The lowest BCUT2D eigenvalue weighted by Gasteiger charge is -2.12. The second-order valence-electron chi connectivity index (χ2n) is 3.59. The van der Waals surface area contributed by atoms with E-state index in [1.165, 1.54) is 19.2 Å². The SMILES string of the molecule is COc1cc(Cl)ccc1Oc1cc(Br)c(F)cc1Cl. The maximum atomic E-state index is 13.3. The van der Waals surface area contributed by atoms with Crippen LogP contribution < -0.4 is 9.47 Å². The van der Waals surface area contributed by atoms with Crippen molar-refractivity contribution in [2.24, 2.45) is 0 Å². The first-order valence-corrected chi connectivity index (χ1v) is 6.72. The van der Waals surface area contributed by atoms with Crippen LogP contribution >= 0.6 is 39.1 Å². The summed E-state index contributed by atoms with van der Waals surface area (Å²) in [5, 5.41) is 0.688. The van der Waals surface area contributed by atoms with Gasteiger partial charge in [-0.15, -0.1) is 0 Å². The van der Waals surface area contributed by atoms with Gasteiger partial charge in [0.05, 0.1) is 16.6 Å². The lowest BCUT2D eigenvalue weighted by atomic mass is 10.3. The average Bonchev–Trinajstić information content (AvgIpc) is 2.37. The number of methoxy groups -OCH3 is 1. The van der Waals surface area contributed by atoms with Crippen LogP contribution in [0.5, 0.6) is 17.2 Å². The second-order valence-corrected chi connectivity index (χ2v) is 5.29. The van der Waals surface area contributed by atoms with Crippen molar-refractivity contribution in [1.29, 1.82) is 0 Å². The van der Waals surface area contributed by atoms with E-state index in [1.807, 2.05) is 0 Å². The Labute approximate surface area is 128 Å². The van der Waals surface area contributed by atoms with E-state index in [9.17, 15) is 4.39 Å². The van der Waals surface area contributed by atoms with Gasteiger partial charge in [-0.05, 0) is 40.2 Å². The number of hydrogen-bond acceptors (Lipinski definition) is 2. The zero-order valence-corrected chi connectivity index (χ0v) is 12.8. The molecule has 2 rings (SSSR count). The largest absolute Gasteiger partial charge is 0.493 e. The molecule has 2 aromatic carbocycles. The maximum Gasteiger partial charge on any atom is 0.169 e. The Bertz CT molecular complexity index is 620. The molecular weight excluding hydrogens is 358 g/mol. The highest BCUT2D eigenvalue weighted by Crippen LogP contribution is 2.38. The van der Waals surface area contributed by atoms with Crippen LogP contribution in [0.2, 0.25) is 10.0 Å². The van der Waals surface area contributed by atoms with Crippen LogP contribution in [-0.2, 0) is 0 Å². The molecule has 2 nitrogen and oxygen atoms in total. The van der Waals surface area contributed by atoms with Crippen LogP contribution in [0.1, 0.15) is 0 Å². The summed E-state index contributed by atoms with van der Waals surface area (Å²) in [6.45, 7) is 0. The first kappa shape index (κ1) is 14.4. The van der Waals surface area contributed by atoms with Crippen LogP contribution in [0.3, 0.4) is 0 Å². The van der Waals surface area contributed by atoms with Crippen molar-refractivity contribution in [3.63, 3.8) is 0 Å². The minimum absolute atomic E-state index is 0.165. The van der Waals surface area contributed by atoms with Crippen molar-refractivity contribution in [3.05, 3.63) is 50.7 Å².